The number of aryl methyl sites for hydroxylation is 1. The number of rotatable bonds is 10. The summed E-state index contributed by atoms with van der Waals surface area (Å²) < 4.78 is 4.26. The number of hydrogen-bond donors (Lipinski definition) is 2. The molecule has 6 heteroatoms. The average molecular weight is 271 g/mol. The Morgan fingerprint density at radius 3 is 2.83 bits per heavy atom. The number of nitrogens with one attached hydrogen (secondary N) is 1. The molecule has 0 aliphatic heterocycles. The van der Waals surface area contributed by atoms with Crippen molar-refractivity contribution in [3.8, 4) is 0 Å². The highest BCUT2D eigenvalue weighted by atomic mass is 32.1. The second-order valence-electron chi connectivity index (χ2n) is 4.25. The van der Waals surface area contributed by atoms with Gasteiger partial charge in [0.25, 0.3) is 0 Å². The summed E-state index contributed by atoms with van der Waals surface area (Å²) in [6.07, 6.45) is 6.14. The number of hydrogen-bond acceptors (Lipinski definition) is 5. The Labute approximate surface area is 112 Å². The van der Waals surface area contributed by atoms with Gasteiger partial charge in [-0.1, -0.05) is 19.8 Å². The topological polar surface area (TPSA) is 75.1 Å². The van der Waals surface area contributed by atoms with Crippen LogP contribution in [0.3, 0.4) is 0 Å². The van der Waals surface area contributed by atoms with Gasteiger partial charge in [0.05, 0.1) is 0 Å². The largest absolute Gasteiger partial charge is 0.481 e. The fourth-order valence-corrected chi connectivity index (χ4v) is 2.24. The van der Waals surface area contributed by atoms with E-state index in [1.54, 1.807) is 0 Å². The Morgan fingerprint density at radius 2 is 2.11 bits per heavy atom. The number of carboxylic acids is 1. The Bertz CT molecular complexity index is 355. The van der Waals surface area contributed by atoms with E-state index >= 15 is 0 Å². The van der Waals surface area contributed by atoms with E-state index in [1.165, 1.54) is 11.5 Å². The predicted octanol–water partition coefficient (Wildman–Crippen LogP) is 2.94. The van der Waals surface area contributed by atoms with Crippen LogP contribution in [0.4, 0.5) is 5.13 Å². The fourth-order valence-electron chi connectivity index (χ4n) is 1.60. The summed E-state index contributed by atoms with van der Waals surface area (Å²) in [5, 5.41) is 12.6. The van der Waals surface area contributed by atoms with Crippen LogP contribution in [-0.2, 0) is 11.2 Å². The van der Waals surface area contributed by atoms with Crippen molar-refractivity contribution in [2.45, 2.75) is 51.9 Å². The number of aromatic nitrogens is 2. The van der Waals surface area contributed by atoms with Gasteiger partial charge in [-0.15, -0.1) is 0 Å². The smallest absolute Gasteiger partial charge is 0.303 e. The number of anilines is 1. The van der Waals surface area contributed by atoms with Crippen LogP contribution >= 0.6 is 11.5 Å². The number of carbonyl (C=O) groups is 1. The molecule has 0 radical (unpaired) electrons. The summed E-state index contributed by atoms with van der Waals surface area (Å²) >= 11 is 1.41. The number of unbranched alkanes of at least 4 members (excludes halogenated alkanes) is 3. The van der Waals surface area contributed by atoms with Gasteiger partial charge < -0.3 is 10.4 Å². The van der Waals surface area contributed by atoms with Crippen molar-refractivity contribution in [1.29, 1.82) is 0 Å². The van der Waals surface area contributed by atoms with Gasteiger partial charge in [-0.05, 0) is 19.3 Å². The maximum absolute atomic E-state index is 10.3. The van der Waals surface area contributed by atoms with Crippen LogP contribution in [0.15, 0.2) is 0 Å². The van der Waals surface area contributed by atoms with Gasteiger partial charge in [0, 0.05) is 30.9 Å². The van der Waals surface area contributed by atoms with Gasteiger partial charge in [-0.3, -0.25) is 4.79 Å². The molecule has 0 fully saturated rings. The third-order valence-corrected chi connectivity index (χ3v) is 3.25. The predicted molar refractivity (Wildman–Crippen MR) is 73.1 cm³/mol. The lowest BCUT2D eigenvalue weighted by atomic mass is 10.1. The first-order valence-corrected chi connectivity index (χ1v) is 7.28. The van der Waals surface area contributed by atoms with Gasteiger partial charge >= 0.3 is 5.97 Å². The second-order valence-corrected chi connectivity index (χ2v) is 5.00. The van der Waals surface area contributed by atoms with E-state index in [4.69, 9.17) is 5.11 Å². The van der Waals surface area contributed by atoms with Crippen LogP contribution in [0.2, 0.25) is 0 Å². The standard InChI is InChI=1S/C12H21N3O2S/c1-2-7-10-14-12(18-15-10)13-9-6-4-3-5-8-11(16)17/h2-9H2,1H3,(H,16,17)(H,13,14,15). The van der Waals surface area contributed by atoms with Crippen LogP contribution in [0.1, 0.15) is 51.3 Å². The molecular formula is C12H21N3O2S. The Kier molecular flexibility index (Phi) is 7.32. The zero-order valence-corrected chi connectivity index (χ0v) is 11.6. The molecule has 0 bridgehead atoms. The lowest BCUT2D eigenvalue weighted by molar-refractivity contribution is -0.137. The summed E-state index contributed by atoms with van der Waals surface area (Å²) in [6.45, 7) is 3.00. The zero-order valence-electron chi connectivity index (χ0n) is 10.8. The van der Waals surface area contributed by atoms with Crippen molar-refractivity contribution in [2.75, 3.05) is 11.9 Å². The first kappa shape index (κ1) is 14.9. The van der Waals surface area contributed by atoms with Crippen molar-refractivity contribution in [3.05, 3.63) is 5.82 Å². The third-order valence-electron chi connectivity index (χ3n) is 2.54. The summed E-state index contributed by atoms with van der Waals surface area (Å²) in [7, 11) is 0. The molecule has 2 N–H and O–H groups in total. The van der Waals surface area contributed by atoms with Crippen molar-refractivity contribution >= 4 is 22.6 Å². The molecule has 0 unspecified atom stereocenters. The van der Waals surface area contributed by atoms with Gasteiger partial charge in [-0.2, -0.15) is 4.37 Å². The van der Waals surface area contributed by atoms with Crippen molar-refractivity contribution in [1.82, 2.24) is 9.36 Å². The lowest BCUT2D eigenvalue weighted by Crippen LogP contribution is -2.01. The molecule has 1 heterocycles. The first-order chi connectivity index (χ1) is 8.72. The fraction of sp³-hybridized carbons (Fsp3) is 0.750. The minimum absolute atomic E-state index is 0.282. The number of aliphatic carboxylic acids is 1. The van der Waals surface area contributed by atoms with Crippen LogP contribution in [0.25, 0.3) is 0 Å². The van der Waals surface area contributed by atoms with Gasteiger partial charge in [0.2, 0.25) is 5.13 Å². The second kappa shape index (κ2) is 8.85. The maximum atomic E-state index is 10.3. The molecule has 0 saturated carbocycles. The van der Waals surface area contributed by atoms with E-state index in [0.717, 1.165) is 56.0 Å². The van der Waals surface area contributed by atoms with E-state index in [1.807, 2.05) is 0 Å². The highest BCUT2D eigenvalue weighted by Crippen LogP contribution is 2.12. The van der Waals surface area contributed by atoms with Gasteiger partial charge in [-0.25, -0.2) is 4.98 Å². The van der Waals surface area contributed by atoms with E-state index < -0.39 is 5.97 Å². The quantitative estimate of drug-likeness (QED) is 0.640. The third kappa shape index (κ3) is 6.54. The summed E-state index contributed by atoms with van der Waals surface area (Å²) in [5.41, 5.74) is 0. The molecule has 18 heavy (non-hydrogen) atoms. The van der Waals surface area contributed by atoms with E-state index in [0.29, 0.717) is 0 Å². The normalized spacial score (nSPS) is 10.5. The molecule has 0 aliphatic carbocycles. The molecule has 0 aliphatic rings. The Morgan fingerprint density at radius 1 is 1.33 bits per heavy atom. The Balaban J connectivity index is 2.01. The van der Waals surface area contributed by atoms with Crippen LogP contribution in [0.5, 0.6) is 0 Å². The molecule has 1 rings (SSSR count). The molecule has 0 amide bonds. The van der Waals surface area contributed by atoms with Crippen molar-refractivity contribution in [2.24, 2.45) is 0 Å². The molecule has 0 spiro atoms. The monoisotopic (exact) mass is 271 g/mol. The van der Waals surface area contributed by atoms with Gasteiger partial charge in [0.1, 0.15) is 5.82 Å². The molecule has 1 aromatic rings. The summed E-state index contributed by atoms with van der Waals surface area (Å²) in [4.78, 5) is 14.7. The minimum atomic E-state index is -0.703. The minimum Gasteiger partial charge on any atom is -0.481 e. The van der Waals surface area contributed by atoms with Crippen molar-refractivity contribution in [3.63, 3.8) is 0 Å². The number of carboxylic acid groups (broad SMARTS) is 1. The lowest BCUT2D eigenvalue weighted by Gasteiger charge is -2.01. The number of nitrogens with zero attached hydrogens (tertiary/aromatic N) is 2. The maximum Gasteiger partial charge on any atom is 0.303 e. The Hall–Kier alpha value is -1.17. The van der Waals surface area contributed by atoms with E-state index in [2.05, 4.69) is 21.6 Å². The van der Waals surface area contributed by atoms with Crippen LogP contribution < -0.4 is 5.32 Å². The van der Waals surface area contributed by atoms with E-state index in [-0.39, 0.29) is 6.42 Å². The molecule has 5 nitrogen and oxygen atoms in total. The molecule has 0 aromatic carbocycles. The average Bonchev–Trinajstić information content (AvgIpc) is 2.76. The van der Waals surface area contributed by atoms with Crippen molar-refractivity contribution < 1.29 is 9.90 Å². The molecular weight excluding hydrogens is 250 g/mol. The van der Waals surface area contributed by atoms with Gasteiger partial charge in [0.15, 0.2) is 0 Å². The molecule has 102 valence electrons. The van der Waals surface area contributed by atoms with E-state index in [9.17, 15) is 4.79 Å². The summed E-state index contributed by atoms with van der Waals surface area (Å²) in [5.74, 6) is 0.219. The molecule has 1 aromatic heterocycles. The highest BCUT2D eigenvalue weighted by Gasteiger charge is 2.02. The highest BCUT2D eigenvalue weighted by molar-refractivity contribution is 7.09. The molecule has 0 saturated heterocycles. The zero-order chi connectivity index (χ0) is 13.2. The SMILES string of the molecule is CCCc1nsc(NCCCCCCC(=O)O)n1. The first-order valence-electron chi connectivity index (χ1n) is 6.50. The van der Waals surface area contributed by atoms with Crippen LogP contribution in [-0.4, -0.2) is 27.0 Å². The molecule has 0 atom stereocenters. The van der Waals surface area contributed by atoms with Crippen LogP contribution in [0, 0.1) is 0 Å². The summed E-state index contributed by atoms with van der Waals surface area (Å²) in [6, 6.07) is 0.